The number of halogens is 1. The first kappa shape index (κ1) is 18.6. The molecular weight excluding hydrogens is 379 g/mol. The second kappa shape index (κ2) is 7.69. The lowest BCUT2D eigenvalue weighted by Crippen LogP contribution is -2.43. The second-order valence-electron chi connectivity index (χ2n) is 6.94. The molecule has 0 spiro atoms. The van der Waals surface area contributed by atoms with Crippen molar-refractivity contribution in [3.05, 3.63) is 41.2 Å². The van der Waals surface area contributed by atoms with Crippen molar-refractivity contribution in [2.45, 2.75) is 37.8 Å². The molecule has 1 aliphatic rings. The Morgan fingerprint density at radius 2 is 2.04 bits per heavy atom. The second-order valence-corrected chi connectivity index (χ2v) is 7.82. The van der Waals surface area contributed by atoms with Crippen molar-refractivity contribution in [3.8, 4) is 0 Å². The summed E-state index contributed by atoms with van der Waals surface area (Å²) in [5.74, 6) is -1.12. The summed E-state index contributed by atoms with van der Waals surface area (Å²) in [5.41, 5.74) is 14.9. The molecule has 1 saturated carbocycles. The monoisotopic (exact) mass is 400 g/mol. The summed E-state index contributed by atoms with van der Waals surface area (Å²) in [5, 5.41) is 6.19. The number of rotatable bonds is 5. The molecule has 1 fully saturated rings. The zero-order valence-corrected chi connectivity index (χ0v) is 15.9. The van der Waals surface area contributed by atoms with Crippen LogP contribution in [-0.4, -0.2) is 28.0 Å². The van der Waals surface area contributed by atoms with Crippen molar-refractivity contribution in [3.63, 3.8) is 0 Å². The van der Waals surface area contributed by atoms with E-state index in [1.165, 1.54) is 11.3 Å². The minimum Gasteiger partial charge on any atom is -0.365 e. The van der Waals surface area contributed by atoms with Gasteiger partial charge in [-0.15, -0.1) is 11.3 Å². The van der Waals surface area contributed by atoms with Crippen molar-refractivity contribution in [2.24, 2.45) is 11.5 Å². The van der Waals surface area contributed by atoms with Gasteiger partial charge >= 0.3 is 0 Å². The highest BCUT2D eigenvalue weighted by molar-refractivity contribution is 7.16. The predicted molar refractivity (Wildman–Crippen MR) is 109 cm³/mol. The molecule has 146 valence electrons. The molecule has 2 heterocycles. The summed E-state index contributed by atoms with van der Waals surface area (Å²) in [6.45, 7) is 0. The number of carbonyl (C=O) groups excluding carboxylic acids is 1. The summed E-state index contributed by atoms with van der Waals surface area (Å²) < 4.78 is 15.6. The molecule has 0 saturated heterocycles. The number of amides is 1. The molecule has 1 amide bonds. The highest BCUT2D eigenvalue weighted by Crippen LogP contribution is 2.28. The van der Waals surface area contributed by atoms with Crippen LogP contribution in [0, 0.1) is 5.82 Å². The van der Waals surface area contributed by atoms with E-state index >= 15 is 0 Å². The summed E-state index contributed by atoms with van der Waals surface area (Å²) in [6.07, 6.45) is 3.85. The van der Waals surface area contributed by atoms with Gasteiger partial charge in [0.1, 0.15) is 5.82 Å². The number of carbonyl (C=O) groups is 1. The van der Waals surface area contributed by atoms with Gasteiger partial charge in [0, 0.05) is 17.8 Å². The number of fused-ring (bicyclic) bond motifs is 1. The Hall–Kier alpha value is -2.78. The van der Waals surface area contributed by atoms with Gasteiger partial charge in [-0.2, -0.15) is 0 Å². The number of nitrogens with one attached hydrogen (secondary N) is 2. The molecular formula is C19H21FN6OS. The van der Waals surface area contributed by atoms with Crippen LogP contribution in [0.4, 0.5) is 21.7 Å². The molecule has 1 aromatic carbocycles. The van der Waals surface area contributed by atoms with Crippen molar-refractivity contribution in [2.75, 3.05) is 10.6 Å². The first-order valence-corrected chi connectivity index (χ1v) is 10.0. The van der Waals surface area contributed by atoms with Crippen molar-refractivity contribution >= 4 is 44.8 Å². The zero-order chi connectivity index (χ0) is 19.7. The lowest BCUT2D eigenvalue weighted by atomic mass is 9.91. The first-order chi connectivity index (χ1) is 13.5. The van der Waals surface area contributed by atoms with Crippen LogP contribution in [0.5, 0.6) is 0 Å². The van der Waals surface area contributed by atoms with E-state index in [9.17, 15) is 9.18 Å². The summed E-state index contributed by atoms with van der Waals surface area (Å²) in [7, 11) is 0. The fourth-order valence-corrected chi connectivity index (χ4v) is 4.17. The van der Waals surface area contributed by atoms with Gasteiger partial charge in [-0.1, -0.05) is 12.8 Å². The Balaban J connectivity index is 1.66. The van der Waals surface area contributed by atoms with Crippen LogP contribution in [0.15, 0.2) is 29.8 Å². The van der Waals surface area contributed by atoms with E-state index < -0.39 is 11.7 Å². The molecule has 28 heavy (non-hydrogen) atoms. The summed E-state index contributed by atoms with van der Waals surface area (Å²) in [4.78, 5) is 20.4. The van der Waals surface area contributed by atoms with E-state index in [0.29, 0.717) is 5.69 Å². The average molecular weight is 400 g/mol. The molecule has 2 unspecified atom stereocenters. The molecule has 3 aromatic rings. The molecule has 2 aromatic heterocycles. The topological polar surface area (TPSA) is 119 Å². The number of aromatic nitrogens is 2. The average Bonchev–Trinajstić information content (AvgIpc) is 3.13. The molecule has 9 heteroatoms. The van der Waals surface area contributed by atoms with Crippen molar-refractivity contribution in [1.82, 2.24) is 9.97 Å². The molecule has 0 radical (unpaired) electrons. The van der Waals surface area contributed by atoms with Crippen LogP contribution in [-0.2, 0) is 0 Å². The van der Waals surface area contributed by atoms with Gasteiger partial charge < -0.3 is 22.1 Å². The Kier molecular flexibility index (Phi) is 5.10. The molecule has 0 aliphatic heterocycles. The summed E-state index contributed by atoms with van der Waals surface area (Å²) in [6, 6.07) is 6.57. The largest absolute Gasteiger partial charge is 0.365 e. The Labute approximate surface area is 165 Å². The maximum atomic E-state index is 14.6. The number of pyridine rings is 1. The Morgan fingerprint density at radius 3 is 2.82 bits per heavy atom. The van der Waals surface area contributed by atoms with E-state index in [0.717, 1.165) is 42.0 Å². The lowest BCUT2D eigenvalue weighted by molar-refractivity contribution is 0.100. The van der Waals surface area contributed by atoms with Crippen LogP contribution in [0.25, 0.3) is 10.2 Å². The van der Waals surface area contributed by atoms with E-state index in [4.69, 9.17) is 11.5 Å². The van der Waals surface area contributed by atoms with Crippen LogP contribution in [0.2, 0.25) is 0 Å². The molecule has 6 N–H and O–H groups in total. The third-order valence-electron chi connectivity index (χ3n) is 4.98. The standard InChI is InChI=1S/C19H21FN6OS/c20-12-8-11(17(22)27)18(24-10-5-6-15-16(7-10)28-9-23-15)26-19(12)25-14-4-2-1-3-13(14)21/h5-9,13-14H,1-4,21H2,(H2,22,27)(H2,24,25,26). The third kappa shape index (κ3) is 3.76. The van der Waals surface area contributed by atoms with Crippen LogP contribution < -0.4 is 22.1 Å². The van der Waals surface area contributed by atoms with Gasteiger partial charge in [-0.3, -0.25) is 4.79 Å². The van der Waals surface area contributed by atoms with Crippen LogP contribution >= 0.6 is 11.3 Å². The quantitative estimate of drug-likeness (QED) is 0.521. The zero-order valence-electron chi connectivity index (χ0n) is 15.1. The number of hydrogen-bond donors (Lipinski definition) is 4. The predicted octanol–water partition coefficient (Wildman–Crippen LogP) is 3.35. The molecule has 1 aliphatic carbocycles. The minimum absolute atomic E-state index is 0.0135. The molecule has 7 nitrogen and oxygen atoms in total. The van der Waals surface area contributed by atoms with Crippen molar-refractivity contribution < 1.29 is 9.18 Å². The van der Waals surface area contributed by atoms with Gasteiger partial charge in [0.15, 0.2) is 11.6 Å². The SMILES string of the molecule is NC(=O)c1cc(F)c(NC2CCCCC2N)nc1Nc1ccc2ncsc2c1. The Bertz CT molecular complexity index is 1020. The van der Waals surface area contributed by atoms with Crippen LogP contribution in [0.1, 0.15) is 36.0 Å². The van der Waals surface area contributed by atoms with E-state index in [1.807, 2.05) is 18.2 Å². The number of thiazole rings is 1. The number of hydrogen-bond acceptors (Lipinski definition) is 7. The first-order valence-electron chi connectivity index (χ1n) is 9.14. The van der Waals surface area contributed by atoms with E-state index in [2.05, 4.69) is 20.6 Å². The van der Waals surface area contributed by atoms with Gasteiger partial charge in [0.2, 0.25) is 0 Å². The number of nitrogens with zero attached hydrogens (tertiary/aromatic N) is 2. The lowest BCUT2D eigenvalue weighted by Gasteiger charge is -2.30. The van der Waals surface area contributed by atoms with E-state index in [1.54, 1.807) is 5.51 Å². The van der Waals surface area contributed by atoms with Gasteiger partial charge in [0.25, 0.3) is 5.91 Å². The van der Waals surface area contributed by atoms with Gasteiger partial charge in [-0.25, -0.2) is 14.4 Å². The molecule has 4 rings (SSSR count). The number of nitrogens with two attached hydrogens (primary N) is 2. The number of benzene rings is 1. The highest BCUT2D eigenvalue weighted by Gasteiger charge is 2.24. The van der Waals surface area contributed by atoms with Gasteiger partial charge in [0.05, 0.1) is 21.3 Å². The smallest absolute Gasteiger partial charge is 0.252 e. The Morgan fingerprint density at radius 1 is 1.21 bits per heavy atom. The van der Waals surface area contributed by atoms with Crippen LogP contribution in [0.3, 0.4) is 0 Å². The minimum atomic E-state index is -0.756. The maximum absolute atomic E-state index is 14.6. The number of anilines is 3. The summed E-state index contributed by atoms with van der Waals surface area (Å²) >= 11 is 1.50. The third-order valence-corrected chi connectivity index (χ3v) is 5.77. The molecule has 2 atom stereocenters. The fourth-order valence-electron chi connectivity index (χ4n) is 3.46. The highest BCUT2D eigenvalue weighted by atomic mass is 32.1. The van der Waals surface area contributed by atoms with E-state index in [-0.39, 0.29) is 29.3 Å². The normalized spacial score (nSPS) is 19.5. The maximum Gasteiger partial charge on any atom is 0.252 e. The number of primary amides is 1. The fraction of sp³-hybridized carbons (Fsp3) is 0.316. The molecule has 0 bridgehead atoms. The van der Waals surface area contributed by atoms with Gasteiger partial charge in [-0.05, 0) is 37.1 Å². The van der Waals surface area contributed by atoms with Crippen molar-refractivity contribution in [1.29, 1.82) is 0 Å².